The van der Waals surface area contributed by atoms with Crippen LogP contribution in [0.1, 0.15) is 25.8 Å². The summed E-state index contributed by atoms with van der Waals surface area (Å²) in [6.07, 6.45) is 3.61. The van der Waals surface area contributed by atoms with Gasteiger partial charge in [-0.15, -0.1) is 11.8 Å². The summed E-state index contributed by atoms with van der Waals surface area (Å²) in [5, 5.41) is 2.70. The molecule has 8 heteroatoms. The highest BCUT2D eigenvalue weighted by Crippen LogP contribution is 2.31. The maximum atomic E-state index is 12.7. The van der Waals surface area contributed by atoms with Crippen LogP contribution in [0.5, 0.6) is 0 Å². The molecule has 1 heterocycles. The molecule has 2 N–H and O–H groups in total. The molecule has 1 amide bonds. The number of rotatable bonds is 8. The zero-order valence-corrected chi connectivity index (χ0v) is 18.6. The van der Waals surface area contributed by atoms with Crippen molar-refractivity contribution < 1.29 is 13.2 Å². The van der Waals surface area contributed by atoms with Crippen molar-refractivity contribution in [3.63, 3.8) is 0 Å². The summed E-state index contributed by atoms with van der Waals surface area (Å²) in [5.41, 5.74) is 3.10. The molecular formula is C21H27N3O3S2. The van der Waals surface area contributed by atoms with Crippen LogP contribution in [0.4, 0.5) is 11.4 Å². The number of carbonyl (C=O) groups excluding carboxylic acids is 1. The van der Waals surface area contributed by atoms with Crippen LogP contribution in [-0.2, 0) is 21.2 Å². The molecule has 6 nitrogen and oxygen atoms in total. The van der Waals surface area contributed by atoms with Crippen LogP contribution in [0.3, 0.4) is 0 Å². The van der Waals surface area contributed by atoms with Crippen molar-refractivity contribution in [2.75, 3.05) is 29.6 Å². The van der Waals surface area contributed by atoms with Gasteiger partial charge in [-0.1, -0.05) is 18.2 Å². The minimum absolute atomic E-state index is 0.152. The van der Waals surface area contributed by atoms with E-state index in [4.69, 9.17) is 0 Å². The van der Waals surface area contributed by atoms with E-state index in [0.29, 0.717) is 24.7 Å². The van der Waals surface area contributed by atoms with E-state index in [0.717, 1.165) is 17.9 Å². The fourth-order valence-corrected chi connectivity index (χ4v) is 5.29. The third-order valence-corrected chi connectivity index (χ3v) is 7.26. The van der Waals surface area contributed by atoms with Crippen molar-refractivity contribution in [2.45, 2.75) is 42.5 Å². The van der Waals surface area contributed by atoms with Crippen LogP contribution < -0.4 is 14.9 Å². The van der Waals surface area contributed by atoms with Crippen LogP contribution >= 0.6 is 11.8 Å². The Morgan fingerprint density at radius 2 is 2.00 bits per heavy atom. The highest BCUT2D eigenvalue weighted by atomic mass is 32.2. The molecule has 0 saturated carbocycles. The zero-order valence-electron chi connectivity index (χ0n) is 16.9. The maximum absolute atomic E-state index is 12.7. The Labute approximate surface area is 177 Å². The van der Waals surface area contributed by atoms with Gasteiger partial charge in [-0.25, -0.2) is 13.1 Å². The van der Waals surface area contributed by atoms with Crippen molar-refractivity contribution >= 4 is 39.1 Å². The summed E-state index contributed by atoms with van der Waals surface area (Å²) in [4.78, 5) is 14.7. The topological polar surface area (TPSA) is 78.5 Å². The van der Waals surface area contributed by atoms with E-state index < -0.39 is 10.0 Å². The quantitative estimate of drug-likeness (QED) is 0.492. The van der Waals surface area contributed by atoms with Crippen LogP contribution in [-0.4, -0.2) is 39.7 Å². The first kappa shape index (κ1) is 21.7. The summed E-state index contributed by atoms with van der Waals surface area (Å²) >= 11 is 1.45. The first-order valence-corrected chi connectivity index (χ1v) is 12.3. The van der Waals surface area contributed by atoms with Gasteiger partial charge in [0.05, 0.1) is 10.6 Å². The molecule has 0 unspecified atom stereocenters. The lowest BCUT2D eigenvalue weighted by Crippen LogP contribution is -2.33. The lowest BCUT2D eigenvalue weighted by molar-refractivity contribution is -0.114. The summed E-state index contributed by atoms with van der Waals surface area (Å²) in [6.45, 7) is 4.75. The minimum atomic E-state index is -3.64. The molecule has 0 radical (unpaired) electrons. The largest absolute Gasteiger partial charge is 0.368 e. The summed E-state index contributed by atoms with van der Waals surface area (Å²) in [7, 11) is -3.64. The first-order chi connectivity index (χ1) is 13.8. The number of benzene rings is 2. The predicted octanol–water partition coefficient (Wildman–Crippen LogP) is 3.49. The molecule has 1 atom stereocenters. The highest BCUT2D eigenvalue weighted by molar-refractivity contribution is 7.98. The third-order valence-electron chi connectivity index (χ3n) is 5.01. The Hall–Kier alpha value is -2.03. The van der Waals surface area contributed by atoms with Gasteiger partial charge in [-0.05, 0) is 55.9 Å². The van der Waals surface area contributed by atoms with Crippen LogP contribution in [0.25, 0.3) is 0 Å². The van der Waals surface area contributed by atoms with Crippen LogP contribution in [0, 0.1) is 0 Å². The number of fused-ring (bicyclic) bond motifs is 1. The van der Waals surface area contributed by atoms with Gasteiger partial charge in [0.2, 0.25) is 15.9 Å². The Morgan fingerprint density at radius 1 is 1.24 bits per heavy atom. The van der Waals surface area contributed by atoms with Crippen molar-refractivity contribution in [1.29, 1.82) is 0 Å². The first-order valence-electron chi connectivity index (χ1n) is 9.61. The second-order valence-electron chi connectivity index (χ2n) is 7.17. The number of para-hydroxylation sites is 1. The molecule has 2 aromatic carbocycles. The van der Waals surface area contributed by atoms with E-state index >= 15 is 0 Å². The smallest absolute Gasteiger partial charge is 0.240 e. The van der Waals surface area contributed by atoms with Crippen LogP contribution in [0.2, 0.25) is 0 Å². The van der Waals surface area contributed by atoms with E-state index in [-0.39, 0.29) is 10.8 Å². The number of thioether (sulfide) groups is 1. The van der Waals surface area contributed by atoms with Gasteiger partial charge in [0.1, 0.15) is 0 Å². The predicted molar refractivity (Wildman–Crippen MR) is 119 cm³/mol. The van der Waals surface area contributed by atoms with E-state index in [1.54, 1.807) is 12.1 Å². The summed E-state index contributed by atoms with van der Waals surface area (Å²) in [5.74, 6) is -0.233. The molecule has 0 bridgehead atoms. The van der Waals surface area contributed by atoms with E-state index in [1.165, 1.54) is 36.0 Å². The highest BCUT2D eigenvalue weighted by Gasteiger charge is 2.25. The molecule has 1 aliphatic heterocycles. The fraction of sp³-hybridized carbons (Fsp3) is 0.381. The maximum Gasteiger partial charge on any atom is 0.240 e. The number of nitrogens with one attached hydrogen (secondary N) is 2. The number of hydrogen-bond donors (Lipinski definition) is 2. The number of nitrogens with zero attached hydrogens (tertiary/aromatic N) is 1. The van der Waals surface area contributed by atoms with Gasteiger partial charge in [-0.2, -0.15) is 0 Å². The van der Waals surface area contributed by atoms with Gasteiger partial charge >= 0.3 is 0 Å². The number of anilines is 2. The SMILES string of the molecule is CSc1ccc(S(=O)(=O)NCCCN2c3ccccc3C[C@@H]2C)cc1NC(C)=O. The zero-order chi connectivity index (χ0) is 21.0. The average molecular weight is 434 g/mol. The Morgan fingerprint density at radius 3 is 2.72 bits per heavy atom. The normalized spacial score (nSPS) is 16.0. The number of amides is 1. The van der Waals surface area contributed by atoms with E-state index in [1.807, 2.05) is 12.3 Å². The van der Waals surface area contributed by atoms with Gasteiger partial charge < -0.3 is 10.2 Å². The molecule has 2 aromatic rings. The van der Waals surface area contributed by atoms with E-state index in [9.17, 15) is 13.2 Å². The molecule has 0 spiro atoms. The third kappa shape index (κ3) is 5.12. The molecule has 3 rings (SSSR count). The molecule has 29 heavy (non-hydrogen) atoms. The second kappa shape index (κ2) is 9.19. The number of carbonyl (C=O) groups is 1. The molecule has 156 valence electrons. The molecular weight excluding hydrogens is 406 g/mol. The van der Waals surface area contributed by atoms with Gasteiger partial charge in [0, 0.05) is 36.6 Å². The minimum Gasteiger partial charge on any atom is -0.368 e. The van der Waals surface area contributed by atoms with Crippen LogP contribution in [0.15, 0.2) is 52.3 Å². The molecule has 0 aromatic heterocycles. The monoisotopic (exact) mass is 433 g/mol. The van der Waals surface area contributed by atoms with Gasteiger partial charge in [0.25, 0.3) is 0 Å². The summed E-state index contributed by atoms with van der Waals surface area (Å²) < 4.78 is 28.1. The lowest BCUT2D eigenvalue weighted by Gasteiger charge is -2.25. The molecule has 0 fully saturated rings. The second-order valence-corrected chi connectivity index (χ2v) is 9.78. The van der Waals surface area contributed by atoms with E-state index in [2.05, 4.69) is 40.1 Å². The Balaban J connectivity index is 1.61. The number of sulfonamides is 1. The fourth-order valence-electron chi connectivity index (χ4n) is 3.65. The molecule has 0 aliphatic carbocycles. The lowest BCUT2D eigenvalue weighted by atomic mass is 10.1. The van der Waals surface area contributed by atoms with Crippen molar-refractivity contribution in [1.82, 2.24) is 4.72 Å². The van der Waals surface area contributed by atoms with Crippen molar-refractivity contribution in [2.24, 2.45) is 0 Å². The Bertz CT molecular complexity index is 992. The van der Waals surface area contributed by atoms with Crippen molar-refractivity contribution in [3.8, 4) is 0 Å². The van der Waals surface area contributed by atoms with Gasteiger partial charge in [-0.3, -0.25) is 4.79 Å². The van der Waals surface area contributed by atoms with Crippen molar-refractivity contribution in [3.05, 3.63) is 48.0 Å². The Kier molecular flexibility index (Phi) is 6.87. The average Bonchev–Trinajstić information content (AvgIpc) is 3.00. The molecule has 0 saturated heterocycles. The standard InChI is InChI=1S/C21H27N3O3S2/c1-15-13-17-7-4-5-8-20(17)24(15)12-6-11-22-29(26,27)18-9-10-21(28-3)19(14-18)23-16(2)25/h4-5,7-10,14-15,22H,6,11-13H2,1-3H3,(H,23,25)/t15-/m0/s1. The van der Waals surface area contributed by atoms with Gasteiger partial charge in [0.15, 0.2) is 0 Å². The molecule has 1 aliphatic rings. The summed E-state index contributed by atoms with van der Waals surface area (Å²) in [6, 6.07) is 13.6. The number of hydrogen-bond acceptors (Lipinski definition) is 5.